The number of hydrogen-bond acceptors (Lipinski definition) is 9. The molecule has 1 fully saturated rings. The molecule has 188 valence electrons. The predicted molar refractivity (Wildman–Crippen MR) is 131 cm³/mol. The Morgan fingerprint density at radius 1 is 1.32 bits per heavy atom. The quantitative estimate of drug-likeness (QED) is 0.457. The molecule has 9 nitrogen and oxygen atoms in total. The highest BCUT2D eigenvalue weighted by atomic mass is 32.1. The normalized spacial score (nSPS) is 17.7. The van der Waals surface area contributed by atoms with Crippen LogP contribution in [0.15, 0.2) is 4.79 Å². The summed E-state index contributed by atoms with van der Waals surface area (Å²) in [4.78, 5) is 38.9. The first kappa shape index (κ1) is 25.2. The van der Waals surface area contributed by atoms with Crippen LogP contribution >= 0.6 is 11.3 Å². The van der Waals surface area contributed by atoms with Gasteiger partial charge in [-0.05, 0) is 37.7 Å². The van der Waals surface area contributed by atoms with Gasteiger partial charge in [0.15, 0.2) is 0 Å². The van der Waals surface area contributed by atoms with E-state index >= 15 is 0 Å². The van der Waals surface area contributed by atoms with Gasteiger partial charge in [-0.3, -0.25) is 19.4 Å². The van der Waals surface area contributed by atoms with Crippen LogP contribution in [-0.4, -0.2) is 89.5 Å². The zero-order valence-electron chi connectivity index (χ0n) is 20.0. The summed E-state index contributed by atoms with van der Waals surface area (Å²) in [7, 11) is 0. The first-order valence-corrected chi connectivity index (χ1v) is 13.2. The Balaban J connectivity index is 1.45. The van der Waals surface area contributed by atoms with Crippen molar-refractivity contribution in [2.75, 3.05) is 52.5 Å². The fourth-order valence-electron chi connectivity index (χ4n) is 4.65. The molecule has 1 saturated heterocycles. The molecule has 2 aliphatic rings. The summed E-state index contributed by atoms with van der Waals surface area (Å²) in [5.41, 5.74) is 1.11. The van der Waals surface area contributed by atoms with Crippen LogP contribution in [0.3, 0.4) is 0 Å². The third-order valence-electron chi connectivity index (χ3n) is 6.44. The summed E-state index contributed by atoms with van der Waals surface area (Å²) >= 11 is 1.64. The van der Waals surface area contributed by atoms with Crippen molar-refractivity contribution in [2.45, 2.75) is 58.1 Å². The molecule has 3 heterocycles. The van der Waals surface area contributed by atoms with Crippen LogP contribution in [-0.2, 0) is 33.7 Å². The van der Waals surface area contributed by atoms with Crippen LogP contribution in [0.5, 0.6) is 0 Å². The highest BCUT2D eigenvalue weighted by molar-refractivity contribution is 7.18. The number of ether oxygens (including phenoxy) is 2. The van der Waals surface area contributed by atoms with E-state index in [-0.39, 0.29) is 18.1 Å². The molecule has 0 aromatic carbocycles. The molecule has 1 aliphatic heterocycles. The number of rotatable bonds is 11. The fraction of sp³-hybridized carbons (Fsp3) is 0.708. The van der Waals surface area contributed by atoms with Crippen molar-refractivity contribution >= 4 is 27.5 Å². The molecule has 1 atom stereocenters. The van der Waals surface area contributed by atoms with Gasteiger partial charge in [0.25, 0.3) is 5.56 Å². The van der Waals surface area contributed by atoms with Crippen LogP contribution in [0.25, 0.3) is 10.2 Å². The van der Waals surface area contributed by atoms with Gasteiger partial charge in [0.05, 0.1) is 25.1 Å². The number of hydrogen-bond donors (Lipinski definition) is 2. The van der Waals surface area contributed by atoms with Gasteiger partial charge in [-0.25, -0.2) is 4.98 Å². The molecule has 0 unspecified atom stereocenters. The Labute approximate surface area is 204 Å². The van der Waals surface area contributed by atoms with E-state index in [0.717, 1.165) is 62.3 Å². The summed E-state index contributed by atoms with van der Waals surface area (Å²) in [6.45, 7) is 7.36. The Kier molecular flexibility index (Phi) is 9.07. The standard InChI is InChI=1S/C24H36N4O5S/c1-2-5-21(30)33-16-17(29)14-28(9-8-27-10-12-32-13-11-27)15-20-25-23(31)22-18-6-3-4-7-19(18)34-24(22)26-20/h17,29H,2-16H2,1H3,(H,25,26,31)/t17-/m1/s1. The predicted octanol–water partition coefficient (Wildman–Crippen LogP) is 1.70. The summed E-state index contributed by atoms with van der Waals surface area (Å²) in [5, 5.41) is 11.3. The van der Waals surface area contributed by atoms with E-state index in [1.54, 1.807) is 11.3 Å². The number of fused-ring (bicyclic) bond motifs is 3. The zero-order valence-corrected chi connectivity index (χ0v) is 20.8. The van der Waals surface area contributed by atoms with E-state index in [9.17, 15) is 14.7 Å². The van der Waals surface area contributed by atoms with Crippen LogP contribution in [0.2, 0.25) is 0 Å². The summed E-state index contributed by atoms with van der Waals surface area (Å²) in [6, 6.07) is 0. The molecule has 0 amide bonds. The molecular formula is C24H36N4O5S. The number of carbonyl (C=O) groups is 1. The summed E-state index contributed by atoms with van der Waals surface area (Å²) in [6.07, 6.45) is 4.53. The van der Waals surface area contributed by atoms with Crippen LogP contribution in [0, 0.1) is 0 Å². The number of aromatic amines is 1. The molecule has 2 N–H and O–H groups in total. The lowest BCUT2D eigenvalue weighted by atomic mass is 9.97. The molecule has 0 bridgehead atoms. The van der Waals surface area contributed by atoms with Gasteiger partial charge >= 0.3 is 5.97 Å². The van der Waals surface area contributed by atoms with Gasteiger partial charge < -0.3 is 19.6 Å². The molecular weight excluding hydrogens is 456 g/mol. The number of H-pyrrole nitrogens is 1. The second-order valence-electron chi connectivity index (χ2n) is 9.18. The van der Waals surface area contributed by atoms with Gasteiger partial charge in [0.2, 0.25) is 0 Å². The monoisotopic (exact) mass is 492 g/mol. The van der Waals surface area contributed by atoms with Crippen LogP contribution in [0.4, 0.5) is 0 Å². The van der Waals surface area contributed by atoms with Gasteiger partial charge in [0, 0.05) is 44.0 Å². The number of nitrogens with one attached hydrogen (secondary N) is 1. The number of carbonyl (C=O) groups excluding carboxylic acids is 1. The second kappa shape index (κ2) is 12.2. The Bertz CT molecular complexity index is 1020. The van der Waals surface area contributed by atoms with Crippen molar-refractivity contribution in [1.82, 2.24) is 19.8 Å². The van der Waals surface area contributed by atoms with Crippen molar-refractivity contribution in [3.05, 3.63) is 26.6 Å². The number of aryl methyl sites for hydroxylation is 2. The lowest BCUT2D eigenvalue weighted by molar-refractivity contribution is -0.147. The molecule has 2 aromatic rings. The van der Waals surface area contributed by atoms with Gasteiger partial charge in [0.1, 0.15) is 23.4 Å². The van der Waals surface area contributed by atoms with Crippen molar-refractivity contribution in [3.63, 3.8) is 0 Å². The van der Waals surface area contributed by atoms with Crippen LogP contribution < -0.4 is 5.56 Å². The number of thiophene rings is 1. The van der Waals surface area contributed by atoms with Crippen molar-refractivity contribution in [3.8, 4) is 0 Å². The third kappa shape index (κ3) is 6.63. The van der Waals surface area contributed by atoms with E-state index in [4.69, 9.17) is 14.5 Å². The molecule has 34 heavy (non-hydrogen) atoms. The van der Waals surface area contributed by atoms with Crippen molar-refractivity contribution < 1.29 is 19.4 Å². The van der Waals surface area contributed by atoms with E-state index in [1.807, 2.05) is 6.92 Å². The van der Waals surface area contributed by atoms with E-state index in [1.165, 1.54) is 16.9 Å². The molecule has 0 saturated carbocycles. The minimum atomic E-state index is -0.810. The first-order chi connectivity index (χ1) is 16.5. The molecule has 0 radical (unpaired) electrons. The number of nitrogens with zero attached hydrogens (tertiary/aromatic N) is 3. The number of morpholine rings is 1. The number of aromatic nitrogens is 2. The SMILES string of the molecule is CCCC(=O)OC[C@H](O)CN(CCN1CCOCC1)Cc1nc2sc3c(c2c(=O)[nH]1)CCCC3. The lowest BCUT2D eigenvalue weighted by Gasteiger charge is -2.30. The van der Waals surface area contributed by atoms with Crippen molar-refractivity contribution in [2.24, 2.45) is 0 Å². The fourth-order valence-corrected chi connectivity index (χ4v) is 5.93. The van der Waals surface area contributed by atoms with Gasteiger partial charge in [-0.15, -0.1) is 11.3 Å². The largest absolute Gasteiger partial charge is 0.463 e. The Morgan fingerprint density at radius 2 is 2.12 bits per heavy atom. The highest BCUT2D eigenvalue weighted by Gasteiger charge is 2.22. The minimum absolute atomic E-state index is 0.0342. The maximum atomic E-state index is 12.9. The highest BCUT2D eigenvalue weighted by Crippen LogP contribution is 2.33. The third-order valence-corrected chi connectivity index (χ3v) is 7.63. The van der Waals surface area contributed by atoms with Gasteiger partial charge in [-0.2, -0.15) is 0 Å². The van der Waals surface area contributed by atoms with E-state index in [2.05, 4.69) is 14.8 Å². The van der Waals surface area contributed by atoms with E-state index in [0.29, 0.717) is 38.3 Å². The van der Waals surface area contributed by atoms with Gasteiger partial charge in [-0.1, -0.05) is 6.92 Å². The first-order valence-electron chi connectivity index (χ1n) is 12.4. The molecule has 1 aliphatic carbocycles. The maximum absolute atomic E-state index is 12.9. The molecule has 10 heteroatoms. The number of esters is 1. The van der Waals surface area contributed by atoms with Crippen LogP contribution in [0.1, 0.15) is 48.9 Å². The molecule has 0 spiro atoms. The average molecular weight is 493 g/mol. The molecule has 4 rings (SSSR count). The Hall–Kier alpha value is -1.85. The molecule has 2 aromatic heterocycles. The second-order valence-corrected chi connectivity index (χ2v) is 10.3. The van der Waals surface area contributed by atoms with E-state index < -0.39 is 6.10 Å². The topological polar surface area (TPSA) is 108 Å². The average Bonchev–Trinajstić information content (AvgIpc) is 3.21. The summed E-state index contributed by atoms with van der Waals surface area (Å²) < 4.78 is 10.6. The maximum Gasteiger partial charge on any atom is 0.305 e. The number of aliphatic hydroxyl groups is 1. The van der Waals surface area contributed by atoms with Crippen molar-refractivity contribution in [1.29, 1.82) is 0 Å². The minimum Gasteiger partial charge on any atom is -0.463 e. The Morgan fingerprint density at radius 3 is 2.91 bits per heavy atom. The smallest absolute Gasteiger partial charge is 0.305 e. The zero-order chi connectivity index (χ0) is 23.9. The summed E-state index contributed by atoms with van der Waals surface area (Å²) in [5.74, 6) is 0.313. The number of aliphatic hydroxyl groups excluding tert-OH is 1. The lowest BCUT2D eigenvalue weighted by Crippen LogP contribution is -2.43.